The van der Waals surface area contributed by atoms with Gasteiger partial charge in [0.05, 0.1) is 10.4 Å². The van der Waals surface area contributed by atoms with Crippen molar-refractivity contribution in [2.24, 2.45) is 0 Å². The molecule has 0 aliphatic carbocycles. The molecular weight excluding hydrogens is 272 g/mol. The van der Waals surface area contributed by atoms with Gasteiger partial charge in [-0.3, -0.25) is 9.59 Å². The summed E-state index contributed by atoms with van der Waals surface area (Å²) in [6, 6.07) is 3.79. The van der Waals surface area contributed by atoms with Crippen molar-refractivity contribution in [2.75, 3.05) is 20.1 Å². The number of nitrogens with zero attached hydrogens (tertiary/aromatic N) is 2. The molecule has 1 aromatic rings. The summed E-state index contributed by atoms with van der Waals surface area (Å²) in [5.41, 5.74) is -0.125. The van der Waals surface area contributed by atoms with Crippen LogP contribution in [0.2, 0.25) is 0 Å². The topological polar surface area (TPSA) is 40.6 Å². The smallest absolute Gasteiger partial charge is 0.263 e. The fraction of sp³-hybridized carbons (Fsp3) is 0.600. The molecule has 1 spiro atoms. The Bertz CT molecular complexity index is 510. The van der Waals surface area contributed by atoms with Crippen molar-refractivity contribution in [1.29, 1.82) is 0 Å². The molecule has 0 radical (unpaired) electrons. The fourth-order valence-corrected chi connectivity index (χ4v) is 4.18. The van der Waals surface area contributed by atoms with Crippen LogP contribution in [0.5, 0.6) is 0 Å². The molecule has 0 aromatic carbocycles. The van der Waals surface area contributed by atoms with Crippen molar-refractivity contribution in [2.45, 2.75) is 37.6 Å². The van der Waals surface area contributed by atoms with Crippen molar-refractivity contribution in [3.63, 3.8) is 0 Å². The molecule has 5 heteroatoms. The molecule has 2 aliphatic heterocycles. The zero-order valence-electron chi connectivity index (χ0n) is 11.8. The summed E-state index contributed by atoms with van der Waals surface area (Å²) in [7, 11) is 1.90. The molecule has 2 aliphatic rings. The van der Waals surface area contributed by atoms with E-state index in [9.17, 15) is 9.59 Å². The third kappa shape index (κ3) is 2.24. The first-order valence-electron chi connectivity index (χ1n) is 7.22. The lowest BCUT2D eigenvalue weighted by molar-refractivity contribution is -0.142. The van der Waals surface area contributed by atoms with Gasteiger partial charge in [-0.15, -0.1) is 11.3 Å². The SMILES string of the molecule is CN1C(=O)CCC[C@]12CCCN(C(=O)c1cccs1)C2. The van der Waals surface area contributed by atoms with Crippen LogP contribution in [-0.4, -0.2) is 47.3 Å². The van der Waals surface area contributed by atoms with Crippen LogP contribution in [0.3, 0.4) is 0 Å². The number of hydrogen-bond acceptors (Lipinski definition) is 3. The maximum atomic E-state index is 12.5. The number of rotatable bonds is 1. The summed E-state index contributed by atoms with van der Waals surface area (Å²) in [5.74, 6) is 0.340. The highest BCUT2D eigenvalue weighted by Gasteiger charge is 2.44. The van der Waals surface area contributed by atoms with Gasteiger partial charge in [0, 0.05) is 26.6 Å². The predicted octanol–water partition coefficient (Wildman–Crippen LogP) is 2.37. The second kappa shape index (κ2) is 5.20. The molecule has 2 fully saturated rings. The predicted molar refractivity (Wildman–Crippen MR) is 78.8 cm³/mol. The number of thiophene rings is 1. The van der Waals surface area contributed by atoms with Crippen molar-refractivity contribution >= 4 is 23.2 Å². The van der Waals surface area contributed by atoms with Crippen molar-refractivity contribution in [3.8, 4) is 0 Å². The van der Waals surface area contributed by atoms with Gasteiger partial charge in [-0.05, 0) is 37.1 Å². The van der Waals surface area contributed by atoms with Crippen LogP contribution in [0.4, 0.5) is 0 Å². The van der Waals surface area contributed by atoms with E-state index in [1.54, 1.807) is 0 Å². The molecule has 0 unspecified atom stereocenters. The number of carbonyl (C=O) groups excluding carboxylic acids is 2. The molecule has 4 nitrogen and oxygen atoms in total. The highest BCUT2D eigenvalue weighted by Crippen LogP contribution is 2.36. The lowest BCUT2D eigenvalue weighted by Crippen LogP contribution is -2.61. The van der Waals surface area contributed by atoms with Crippen LogP contribution < -0.4 is 0 Å². The van der Waals surface area contributed by atoms with E-state index in [0.29, 0.717) is 13.0 Å². The first kappa shape index (κ1) is 13.6. The maximum Gasteiger partial charge on any atom is 0.263 e. The fourth-order valence-electron chi connectivity index (χ4n) is 3.49. The van der Waals surface area contributed by atoms with Crippen molar-refractivity contribution in [3.05, 3.63) is 22.4 Å². The van der Waals surface area contributed by atoms with E-state index in [1.165, 1.54) is 11.3 Å². The highest BCUT2D eigenvalue weighted by atomic mass is 32.1. The van der Waals surface area contributed by atoms with Crippen LogP contribution in [-0.2, 0) is 4.79 Å². The van der Waals surface area contributed by atoms with Crippen molar-refractivity contribution < 1.29 is 9.59 Å². The molecule has 1 atom stereocenters. The number of likely N-dealkylation sites (N-methyl/N-ethyl adjacent to an activating group) is 1. The summed E-state index contributed by atoms with van der Waals surface area (Å²) >= 11 is 1.49. The molecule has 0 saturated carbocycles. The first-order valence-corrected chi connectivity index (χ1v) is 8.10. The van der Waals surface area contributed by atoms with Gasteiger partial charge >= 0.3 is 0 Å². The second-order valence-electron chi connectivity index (χ2n) is 5.84. The van der Waals surface area contributed by atoms with Crippen LogP contribution >= 0.6 is 11.3 Å². The standard InChI is InChI=1S/C15H20N2O2S/c1-16-13(18)6-2-7-15(16)8-4-9-17(11-15)14(19)12-5-3-10-20-12/h3,5,10H,2,4,6-9,11H2,1H3/t15-/m1/s1. The molecule has 2 saturated heterocycles. The summed E-state index contributed by atoms with van der Waals surface area (Å²) in [4.78, 5) is 29.1. The Morgan fingerprint density at radius 3 is 2.90 bits per heavy atom. The van der Waals surface area contributed by atoms with Gasteiger partial charge in [-0.1, -0.05) is 6.07 Å². The van der Waals surface area contributed by atoms with E-state index in [-0.39, 0.29) is 17.4 Å². The van der Waals surface area contributed by atoms with Gasteiger partial charge in [0.2, 0.25) is 5.91 Å². The van der Waals surface area contributed by atoms with E-state index in [2.05, 4.69) is 0 Å². The van der Waals surface area contributed by atoms with E-state index in [4.69, 9.17) is 0 Å². The monoisotopic (exact) mass is 292 g/mol. The Kier molecular flexibility index (Phi) is 3.54. The maximum absolute atomic E-state index is 12.5. The Morgan fingerprint density at radius 2 is 2.15 bits per heavy atom. The van der Waals surface area contributed by atoms with Crippen LogP contribution in [0.1, 0.15) is 41.8 Å². The third-order valence-corrected chi connectivity index (χ3v) is 5.55. The second-order valence-corrected chi connectivity index (χ2v) is 6.79. The van der Waals surface area contributed by atoms with Gasteiger partial charge in [-0.2, -0.15) is 0 Å². The average molecular weight is 292 g/mol. The van der Waals surface area contributed by atoms with Crippen molar-refractivity contribution in [1.82, 2.24) is 9.80 Å². The molecule has 3 rings (SSSR count). The molecule has 108 valence electrons. The number of carbonyl (C=O) groups is 2. The highest BCUT2D eigenvalue weighted by molar-refractivity contribution is 7.12. The van der Waals surface area contributed by atoms with E-state index < -0.39 is 0 Å². The summed E-state index contributed by atoms with van der Waals surface area (Å²) in [6.45, 7) is 1.49. The number of piperidine rings is 2. The minimum Gasteiger partial charge on any atom is -0.338 e. The largest absolute Gasteiger partial charge is 0.338 e. The number of likely N-dealkylation sites (tertiary alicyclic amines) is 2. The minimum atomic E-state index is -0.125. The molecule has 3 heterocycles. The lowest BCUT2D eigenvalue weighted by atomic mass is 9.80. The Labute approximate surface area is 123 Å². The zero-order chi connectivity index (χ0) is 14.2. The molecule has 0 N–H and O–H groups in total. The van der Waals surface area contributed by atoms with Gasteiger partial charge < -0.3 is 9.80 Å². The Morgan fingerprint density at radius 1 is 1.35 bits per heavy atom. The van der Waals surface area contributed by atoms with E-state index in [1.807, 2.05) is 34.4 Å². The molecule has 1 aromatic heterocycles. The Balaban J connectivity index is 1.79. The Hall–Kier alpha value is -1.36. The minimum absolute atomic E-state index is 0.116. The average Bonchev–Trinajstić information content (AvgIpc) is 2.98. The summed E-state index contributed by atoms with van der Waals surface area (Å²) < 4.78 is 0. The van der Waals surface area contributed by atoms with E-state index >= 15 is 0 Å². The van der Waals surface area contributed by atoms with Crippen LogP contribution in [0, 0.1) is 0 Å². The van der Waals surface area contributed by atoms with Gasteiger partial charge in [-0.25, -0.2) is 0 Å². The van der Waals surface area contributed by atoms with Gasteiger partial charge in [0.25, 0.3) is 5.91 Å². The molecule has 20 heavy (non-hydrogen) atoms. The molecular formula is C15H20N2O2S. The number of amides is 2. The zero-order valence-corrected chi connectivity index (χ0v) is 12.6. The molecule has 0 bridgehead atoms. The van der Waals surface area contributed by atoms with Crippen LogP contribution in [0.25, 0.3) is 0 Å². The first-order chi connectivity index (χ1) is 9.62. The molecule has 2 amide bonds. The lowest BCUT2D eigenvalue weighted by Gasteiger charge is -2.50. The van der Waals surface area contributed by atoms with Gasteiger partial charge in [0.1, 0.15) is 0 Å². The quantitative estimate of drug-likeness (QED) is 0.797. The third-order valence-electron chi connectivity index (χ3n) is 4.69. The summed E-state index contributed by atoms with van der Waals surface area (Å²) in [5, 5.41) is 1.93. The van der Waals surface area contributed by atoms with Gasteiger partial charge in [0.15, 0.2) is 0 Å². The normalized spacial score (nSPS) is 27.1. The number of hydrogen-bond donors (Lipinski definition) is 0. The van der Waals surface area contributed by atoms with E-state index in [0.717, 1.165) is 37.1 Å². The summed E-state index contributed by atoms with van der Waals surface area (Å²) in [6.07, 6.45) is 4.61. The van der Waals surface area contributed by atoms with Crippen LogP contribution in [0.15, 0.2) is 17.5 Å².